The number of halogens is 2. The van der Waals surface area contributed by atoms with Gasteiger partial charge in [0, 0.05) is 24.2 Å². The number of carbonyl (C=O) groups is 2. The van der Waals surface area contributed by atoms with Crippen LogP contribution in [-0.4, -0.2) is 18.2 Å². The molecule has 0 bridgehead atoms. The van der Waals surface area contributed by atoms with Gasteiger partial charge in [0.1, 0.15) is 5.78 Å². The Morgan fingerprint density at radius 1 is 1.30 bits per heavy atom. The maximum atomic E-state index is 13.3. The van der Waals surface area contributed by atoms with Crippen molar-refractivity contribution >= 4 is 17.4 Å². The molecule has 1 saturated heterocycles. The highest BCUT2D eigenvalue weighted by molar-refractivity contribution is 6.09. The first-order chi connectivity index (χ1) is 9.41. The van der Waals surface area contributed by atoms with Crippen molar-refractivity contribution in [2.75, 3.05) is 11.4 Å². The fourth-order valence-corrected chi connectivity index (χ4v) is 2.45. The van der Waals surface area contributed by atoms with Crippen molar-refractivity contribution in [1.29, 1.82) is 0 Å². The molecule has 1 aromatic carbocycles. The summed E-state index contributed by atoms with van der Waals surface area (Å²) in [6.07, 6.45) is 1.20. The highest BCUT2D eigenvalue weighted by atomic mass is 19.2. The minimum Gasteiger partial charge on any atom is -0.312 e. The van der Waals surface area contributed by atoms with Gasteiger partial charge in [0.25, 0.3) is 0 Å². The molecule has 3 nitrogen and oxygen atoms in total. The standard InChI is InChI=1S/C15H17F2NO2/c1-9(2)14(19)11-4-3-7-18(15(11)20)10-5-6-12(16)13(17)8-10/h5-6,8-9,11H,3-4,7H2,1-2H3. The summed E-state index contributed by atoms with van der Waals surface area (Å²) in [6, 6.07) is 3.35. The van der Waals surface area contributed by atoms with E-state index in [0.717, 1.165) is 12.1 Å². The molecule has 2 rings (SSSR count). The number of hydrogen-bond acceptors (Lipinski definition) is 2. The van der Waals surface area contributed by atoms with E-state index in [9.17, 15) is 18.4 Å². The molecule has 20 heavy (non-hydrogen) atoms. The Kier molecular flexibility index (Phi) is 4.16. The van der Waals surface area contributed by atoms with Crippen molar-refractivity contribution in [2.45, 2.75) is 26.7 Å². The number of anilines is 1. The van der Waals surface area contributed by atoms with Gasteiger partial charge in [0.2, 0.25) is 5.91 Å². The molecule has 5 heteroatoms. The van der Waals surface area contributed by atoms with Gasteiger partial charge < -0.3 is 4.90 Å². The normalized spacial score (nSPS) is 19.6. The van der Waals surface area contributed by atoms with Crippen LogP contribution in [-0.2, 0) is 9.59 Å². The second kappa shape index (κ2) is 5.69. The first-order valence-electron chi connectivity index (χ1n) is 6.72. The molecule has 1 atom stereocenters. The molecule has 1 aliphatic rings. The molecule has 0 aliphatic carbocycles. The topological polar surface area (TPSA) is 37.4 Å². The first kappa shape index (κ1) is 14.6. The quantitative estimate of drug-likeness (QED) is 0.799. The molecule has 1 unspecified atom stereocenters. The molecular formula is C15H17F2NO2. The molecule has 1 heterocycles. The molecule has 1 aliphatic heterocycles. The number of hydrogen-bond donors (Lipinski definition) is 0. The minimum absolute atomic E-state index is 0.0951. The van der Waals surface area contributed by atoms with Crippen LogP contribution in [0.1, 0.15) is 26.7 Å². The van der Waals surface area contributed by atoms with Crippen molar-refractivity contribution in [3.63, 3.8) is 0 Å². The van der Waals surface area contributed by atoms with Crippen LogP contribution in [0.3, 0.4) is 0 Å². The van der Waals surface area contributed by atoms with Gasteiger partial charge in [-0.3, -0.25) is 9.59 Å². The predicted molar refractivity (Wildman–Crippen MR) is 71.3 cm³/mol. The third kappa shape index (κ3) is 2.71. The van der Waals surface area contributed by atoms with Crippen LogP contribution >= 0.6 is 0 Å². The van der Waals surface area contributed by atoms with Gasteiger partial charge in [-0.1, -0.05) is 13.8 Å². The van der Waals surface area contributed by atoms with E-state index >= 15 is 0 Å². The predicted octanol–water partition coefficient (Wildman–Crippen LogP) is 2.93. The maximum Gasteiger partial charge on any atom is 0.237 e. The average molecular weight is 281 g/mol. The van der Waals surface area contributed by atoms with Crippen molar-refractivity contribution in [3.8, 4) is 0 Å². The van der Waals surface area contributed by atoms with Crippen molar-refractivity contribution < 1.29 is 18.4 Å². The summed E-state index contributed by atoms with van der Waals surface area (Å²) < 4.78 is 26.2. The van der Waals surface area contributed by atoms with E-state index in [4.69, 9.17) is 0 Å². The second-order valence-electron chi connectivity index (χ2n) is 5.34. The minimum atomic E-state index is -0.993. The van der Waals surface area contributed by atoms with Crippen LogP contribution in [0.15, 0.2) is 18.2 Å². The van der Waals surface area contributed by atoms with Crippen LogP contribution in [0.25, 0.3) is 0 Å². The summed E-state index contributed by atoms with van der Waals surface area (Å²) in [5.41, 5.74) is 0.301. The Bertz CT molecular complexity index is 543. The van der Waals surface area contributed by atoms with E-state index in [1.807, 2.05) is 0 Å². The Morgan fingerprint density at radius 2 is 2.00 bits per heavy atom. The van der Waals surface area contributed by atoms with Gasteiger partial charge >= 0.3 is 0 Å². The molecule has 0 saturated carbocycles. The van der Waals surface area contributed by atoms with Gasteiger partial charge in [-0.15, -0.1) is 0 Å². The number of ketones is 1. The van der Waals surface area contributed by atoms with E-state index in [0.29, 0.717) is 25.1 Å². The molecule has 0 N–H and O–H groups in total. The van der Waals surface area contributed by atoms with E-state index < -0.39 is 17.6 Å². The van der Waals surface area contributed by atoms with Gasteiger partial charge in [-0.25, -0.2) is 8.78 Å². The SMILES string of the molecule is CC(C)C(=O)C1CCCN(c2ccc(F)c(F)c2)C1=O. The number of benzene rings is 1. The van der Waals surface area contributed by atoms with E-state index in [-0.39, 0.29) is 17.6 Å². The average Bonchev–Trinajstić information content (AvgIpc) is 2.41. The van der Waals surface area contributed by atoms with Gasteiger partial charge in [-0.2, -0.15) is 0 Å². The maximum absolute atomic E-state index is 13.3. The third-order valence-electron chi connectivity index (χ3n) is 3.57. The highest BCUT2D eigenvalue weighted by Crippen LogP contribution is 2.27. The number of carbonyl (C=O) groups excluding carboxylic acids is 2. The number of piperidine rings is 1. The summed E-state index contributed by atoms with van der Waals surface area (Å²) in [7, 11) is 0. The zero-order valence-corrected chi connectivity index (χ0v) is 11.5. The summed E-state index contributed by atoms with van der Waals surface area (Å²) in [5, 5.41) is 0. The van der Waals surface area contributed by atoms with Crippen molar-refractivity contribution in [3.05, 3.63) is 29.8 Å². The summed E-state index contributed by atoms with van der Waals surface area (Å²) in [4.78, 5) is 25.8. The molecule has 0 spiro atoms. The van der Waals surface area contributed by atoms with Crippen LogP contribution in [0, 0.1) is 23.5 Å². The Labute approximate surface area is 116 Å². The van der Waals surface area contributed by atoms with Gasteiger partial charge in [0.05, 0.1) is 5.92 Å². The molecule has 0 aromatic heterocycles. The number of Topliss-reactive ketones (excluding diaryl/α,β-unsaturated/α-hetero) is 1. The number of nitrogens with zero attached hydrogens (tertiary/aromatic N) is 1. The lowest BCUT2D eigenvalue weighted by Crippen LogP contribution is -2.45. The fraction of sp³-hybridized carbons (Fsp3) is 0.467. The zero-order chi connectivity index (χ0) is 14.9. The Morgan fingerprint density at radius 3 is 2.60 bits per heavy atom. The lowest BCUT2D eigenvalue weighted by atomic mass is 9.87. The van der Waals surface area contributed by atoms with Gasteiger partial charge in [-0.05, 0) is 25.0 Å². The van der Waals surface area contributed by atoms with Crippen LogP contribution in [0.2, 0.25) is 0 Å². The molecule has 108 valence electrons. The summed E-state index contributed by atoms with van der Waals surface area (Å²) >= 11 is 0. The fourth-order valence-electron chi connectivity index (χ4n) is 2.45. The molecule has 1 fully saturated rings. The first-order valence-corrected chi connectivity index (χ1v) is 6.72. The summed E-state index contributed by atoms with van der Waals surface area (Å²) in [6.45, 7) is 3.93. The molecule has 1 amide bonds. The monoisotopic (exact) mass is 281 g/mol. The molecular weight excluding hydrogens is 264 g/mol. The highest BCUT2D eigenvalue weighted by Gasteiger charge is 2.35. The van der Waals surface area contributed by atoms with Gasteiger partial charge in [0.15, 0.2) is 11.6 Å². The van der Waals surface area contributed by atoms with Crippen LogP contribution < -0.4 is 4.90 Å². The second-order valence-corrected chi connectivity index (χ2v) is 5.34. The van der Waals surface area contributed by atoms with E-state index in [1.165, 1.54) is 11.0 Å². The van der Waals surface area contributed by atoms with E-state index in [1.54, 1.807) is 13.8 Å². The number of rotatable bonds is 3. The zero-order valence-electron chi connectivity index (χ0n) is 11.5. The van der Waals surface area contributed by atoms with E-state index in [2.05, 4.69) is 0 Å². The van der Waals surface area contributed by atoms with Crippen LogP contribution in [0.5, 0.6) is 0 Å². The van der Waals surface area contributed by atoms with Crippen molar-refractivity contribution in [2.24, 2.45) is 11.8 Å². The van der Waals surface area contributed by atoms with Crippen LogP contribution in [0.4, 0.5) is 14.5 Å². The lowest BCUT2D eigenvalue weighted by molar-refractivity contribution is -0.135. The third-order valence-corrected chi connectivity index (χ3v) is 3.57. The molecule has 1 aromatic rings. The summed E-state index contributed by atoms with van der Waals surface area (Å²) in [5.74, 6) is -3.24. The number of amides is 1. The largest absolute Gasteiger partial charge is 0.312 e. The Hall–Kier alpha value is -1.78. The lowest BCUT2D eigenvalue weighted by Gasteiger charge is -2.32. The Balaban J connectivity index is 2.26. The van der Waals surface area contributed by atoms with Crippen molar-refractivity contribution in [1.82, 2.24) is 0 Å². The molecule has 0 radical (unpaired) electrons. The smallest absolute Gasteiger partial charge is 0.237 e.